The first-order chi connectivity index (χ1) is 9.20. The topological polar surface area (TPSA) is 64.3 Å². The van der Waals surface area contributed by atoms with Gasteiger partial charge in [0.15, 0.2) is 0 Å². The Hall–Kier alpha value is -1.55. The molecule has 1 aromatic rings. The molecule has 2 rings (SSSR count). The van der Waals surface area contributed by atoms with E-state index in [-0.39, 0.29) is 11.9 Å². The number of ether oxygens (including phenoxy) is 1. The third-order valence-electron chi connectivity index (χ3n) is 3.57. The maximum absolute atomic E-state index is 11.1. The monoisotopic (exact) mass is 262 g/mol. The molecular weight excluding hydrogens is 240 g/mol. The van der Waals surface area contributed by atoms with E-state index in [1.165, 1.54) is 17.5 Å². The number of carbonyl (C=O) groups excluding carboxylic acids is 1. The van der Waals surface area contributed by atoms with Gasteiger partial charge < -0.3 is 15.8 Å². The van der Waals surface area contributed by atoms with Crippen LogP contribution in [0.25, 0.3) is 0 Å². The van der Waals surface area contributed by atoms with Crippen LogP contribution in [0.3, 0.4) is 0 Å². The molecule has 0 heterocycles. The van der Waals surface area contributed by atoms with Gasteiger partial charge in [-0.25, -0.2) is 0 Å². The number of nitrogens with two attached hydrogens (primary N) is 1. The number of rotatable bonds is 5. The first-order valence-electron chi connectivity index (χ1n) is 6.92. The van der Waals surface area contributed by atoms with Crippen molar-refractivity contribution in [2.24, 2.45) is 5.73 Å². The smallest absolute Gasteiger partial charge is 0.219 e. The number of fused-ring (bicyclic) bond motifs is 1. The van der Waals surface area contributed by atoms with E-state index in [0.29, 0.717) is 13.0 Å². The average molecular weight is 262 g/mol. The highest BCUT2D eigenvalue weighted by Crippen LogP contribution is 2.30. The number of amides is 1. The molecular formula is C15H22N2O2. The van der Waals surface area contributed by atoms with Gasteiger partial charge >= 0.3 is 0 Å². The second-order valence-corrected chi connectivity index (χ2v) is 4.98. The summed E-state index contributed by atoms with van der Waals surface area (Å²) in [7, 11) is 1.65. The maximum Gasteiger partial charge on any atom is 0.219 e. The average Bonchev–Trinajstić information content (AvgIpc) is 2.44. The Morgan fingerprint density at radius 3 is 3.16 bits per heavy atom. The van der Waals surface area contributed by atoms with Crippen LogP contribution in [-0.2, 0) is 11.2 Å². The third kappa shape index (κ3) is 3.70. The summed E-state index contributed by atoms with van der Waals surface area (Å²) in [6.45, 7) is 0.557. The summed E-state index contributed by atoms with van der Waals surface area (Å²) in [5.74, 6) is 0.907. The Labute approximate surface area is 114 Å². The summed E-state index contributed by atoms with van der Waals surface area (Å²) < 4.78 is 5.68. The van der Waals surface area contributed by atoms with Gasteiger partial charge in [-0.3, -0.25) is 4.79 Å². The number of aryl methyl sites for hydroxylation is 1. The zero-order valence-corrected chi connectivity index (χ0v) is 11.4. The van der Waals surface area contributed by atoms with Gasteiger partial charge in [0.2, 0.25) is 5.91 Å². The molecule has 3 N–H and O–H groups in total. The van der Waals surface area contributed by atoms with Crippen LogP contribution in [0.15, 0.2) is 18.2 Å². The molecule has 1 amide bonds. The van der Waals surface area contributed by atoms with Gasteiger partial charge in [-0.2, -0.15) is 0 Å². The Morgan fingerprint density at radius 2 is 2.37 bits per heavy atom. The van der Waals surface area contributed by atoms with Crippen molar-refractivity contribution in [3.05, 3.63) is 29.3 Å². The van der Waals surface area contributed by atoms with E-state index in [0.717, 1.165) is 25.0 Å². The van der Waals surface area contributed by atoms with Crippen molar-refractivity contribution in [3.63, 3.8) is 0 Å². The highest BCUT2D eigenvalue weighted by atomic mass is 16.5. The van der Waals surface area contributed by atoms with Crippen LogP contribution in [-0.4, -0.2) is 19.6 Å². The molecule has 1 aliphatic rings. The second kappa shape index (κ2) is 6.57. The lowest BCUT2D eigenvalue weighted by molar-refractivity contribution is -0.120. The number of benzene rings is 1. The fourth-order valence-corrected chi connectivity index (χ4v) is 2.45. The number of carbonyl (C=O) groups is 1. The summed E-state index contributed by atoms with van der Waals surface area (Å²) in [6, 6.07) is 6.30. The molecule has 0 spiro atoms. The molecule has 0 unspecified atom stereocenters. The fourth-order valence-electron chi connectivity index (χ4n) is 2.45. The molecule has 0 radical (unpaired) electrons. The summed E-state index contributed by atoms with van der Waals surface area (Å²) in [5, 5.41) is 2.60. The molecule has 0 aromatic heterocycles. The normalized spacial score (nSPS) is 17.7. The molecule has 0 saturated carbocycles. The van der Waals surface area contributed by atoms with E-state index in [1.54, 1.807) is 7.05 Å². The minimum absolute atomic E-state index is 0.0519. The van der Waals surface area contributed by atoms with Crippen LogP contribution >= 0.6 is 0 Å². The van der Waals surface area contributed by atoms with Crippen LogP contribution < -0.4 is 15.8 Å². The molecule has 4 nitrogen and oxygen atoms in total. The second-order valence-electron chi connectivity index (χ2n) is 4.98. The van der Waals surface area contributed by atoms with E-state index < -0.39 is 0 Å². The van der Waals surface area contributed by atoms with Crippen LogP contribution in [0.5, 0.6) is 5.75 Å². The van der Waals surface area contributed by atoms with E-state index in [4.69, 9.17) is 10.5 Å². The largest absolute Gasteiger partial charge is 0.494 e. The zero-order valence-electron chi connectivity index (χ0n) is 11.4. The summed E-state index contributed by atoms with van der Waals surface area (Å²) in [5.41, 5.74) is 8.68. The highest BCUT2D eigenvalue weighted by Gasteiger charge is 2.17. The quantitative estimate of drug-likeness (QED) is 0.797. The van der Waals surface area contributed by atoms with Crippen LogP contribution in [0.2, 0.25) is 0 Å². The first-order valence-corrected chi connectivity index (χ1v) is 6.92. The van der Waals surface area contributed by atoms with Crippen molar-refractivity contribution in [1.82, 2.24) is 5.32 Å². The minimum Gasteiger partial charge on any atom is -0.494 e. The highest BCUT2D eigenvalue weighted by molar-refractivity contribution is 5.75. The lowest BCUT2D eigenvalue weighted by Crippen LogP contribution is -2.18. The van der Waals surface area contributed by atoms with Gasteiger partial charge in [-0.05, 0) is 48.9 Å². The van der Waals surface area contributed by atoms with Crippen LogP contribution in [0, 0.1) is 0 Å². The molecule has 0 bridgehead atoms. The molecule has 104 valence electrons. The molecule has 0 saturated heterocycles. The third-order valence-corrected chi connectivity index (χ3v) is 3.57. The van der Waals surface area contributed by atoms with Crippen molar-refractivity contribution in [1.29, 1.82) is 0 Å². The molecule has 1 aliphatic carbocycles. The molecule has 1 aromatic carbocycles. The first kappa shape index (κ1) is 13.9. The Bertz CT molecular complexity index is 446. The maximum atomic E-state index is 11.1. The number of nitrogens with one attached hydrogen (secondary N) is 1. The lowest BCUT2D eigenvalue weighted by atomic mass is 9.88. The summed E-state index contributed by atoms with van der Waals surface area (Å²) in [4.78, 5) is 11.1. The van der Waals surface area contributed by atoms with E-state index in [2.05, 4.69) is 17.4 Å². The van der Waals surface area contributed by atoms with E-state index in [1.807, 2.05) is 6.07 Å². The SMILES string of the molecule is CNC(=O)CCCOc1ccc2c(c1)[C@H](N)CCC2. The van der Waals surface area contributed by atoms with Crippen LogP contribution in [0.1, 0.15) is 42.9 Å². The van der Waals surface area contributed by atoms with Gasteiger partial charge in [-0.15, -0.1) is 0 Å². The Morgan fingerprint density at radius 1 is 1.53 bits per heavy atom. The van der Waals surface area contributed by atoms with Gasteiger partial charge in [-0.1, -0.05) is 6.07 Å². The fraction of sp³-hybridized carbons (Fsp3) is 0.533. The molecule has 4 heteroatoms. The lowest BCUT2D eigenvalue weighted by Gasteiger charge is -2.22. The molecule has 1 atom stereocenters. The van der Waals surface area contributed by atoms with Crippen molar-refractivity contribution in [3.8, 4) is 5.75 Å². The van der Waals surface area contributed by atoms with Crippen molar-refractivity contribution in [2.45, 2.75) is 38.1 Å². The van der Waals surface area contributed by atoms with Gasteiger partial charge in [0.25, 0.3) is 0 Å². The van der Waals surface area contributed by atoms with Crippen LogP contribution in [0.4, 0.5) is 0 Å². The standard InChI is InChI=1S/C15H22N2O2/c1-17-15(18)6-3-9-19-12-8-7-11-4-2-5-14(16)13(11)10-12/h7-8,10,14H,2-6,9,16H2,1H3,(H,17,18)/t14-/m1/s1. The van der Waals surface area contributed by atoms with Crippen molar-refractivity contribution >= 4 is 5.91 Å². The van der Waals surface area contributed by atoms with E-state index in [9.17, 15) is 4.79 Å². The van der Waals surface area contributed by atoms with Gasteiger partial charge in [0.1, 0.15) is 5.75 Å². The predicted octanol–water partition coefficient (Wildman–Crippen LogP) is 1.93. The van der Waals surface area contributed by atoms with Gasteiger partial charge in [0.05, 0.1) is 6.61 Å². The summed E-state index contributed by atoms with van der Waals surface area (Å²) in [6.07, 6.45) is 4.55. The van der Waals surface area contributed by atoms with E-state index >= 15 is 0 Å². The van der Waals surface area contributed by atoms with Crippen molar-refractivity contribution in [2.75, 3.05) is 13.7 Å². The molecule has 0 aliphatic heterocycles. The Kier molecular flexibility index (Phi) is 4.80. The zero-order chi connectivity index (χ0) is 13.7. The predicted molar refractivity (Wildman–Crippen MR) is 75.1 cm³/mol. The number of hydrogen-bond acceptors (Lipinski definition) is 3. The Balaban J connectivity index is 1.88. The molecule has 0 fully saturated rings. The molecule has 19 heavy (non-hydrogen) atoms. The minimum atomic E-state index is 0.0519. The van der Waals surface area contributed by atoms with Gasteiger partial charge in [0, 0.05) is 19.5 Å². The number of hydrogen-bond donors (Lipinski definition) is 2. The van der Waals surface area contributed by atoms with Crippen molar-refractivity contribution < 1.29 is 9.53 Å². The summed E-state index contributed by atoms with van der Waals surface area (Å²) >= 11 is 0.